The molecule has 78 valence electrons. The van der Waals surface area contributed by atoms with Crippen LogP contribution in [0.15, 0.2) is 47.6 Å². The van der Waals surface area contributed by atoms with Gasteiger partial charge >= 0.3 is 0 Å². The molecule has 0 radical (unpaired) electrons. The van der Waals surface area contributed by atoms with Crippen LogP contribution in [-0.4, -0.2) is 0 Å². The average molecular weight is 199 g/mol. The zero-order valence-corrected chi connectivity index (χ0v) is 9.33. The van der Waals surface area contributed by atoms with Gasteiger partial charge < -0.3 is 5.73 Å². The van der Waals surface area contributed by atoms with E-state index < -0.39 is 0 Å². The number of anilines is 1. The number of benzene rings is 1. The Kier molecular flexibility index (Phi) is 2.63. The van der Waals surface area contributed by atoms with E-state index in [2.05, 4.69) is 38.1 Å². The van der Waals surface area contributed by atoms with E-state index in [0.717, 1.165) is 12.1 Å². The second-order valence-corrected chi connectivity index (χ2v) is 4.29. The van der Waals surface area contributed by atoms with Crippen molar-refractivity contribution in [2.45, 2.75) is 26.2 Å². The van der Waals surface area contributed by atoms with Gasteiger partial charge in [-0.15, -0.1) is 0 Å². The first kappa shape index (κ1) is 10.0. The number of nitrogen functional groups attached to an aromatic ring is 1. The van der Waals surface area contributed by atoms with Crippen molar-refractivity contribution in [1.29, 1.82) is 0 Å². The lowest BCUT2D eigenvalue weighted by Crippen LogP contribution is -2.04. The molecule has 2 rings (SSSR count). The number of hydrogen-bond donors (Lipinski definition) is 1. The third-order valence-electron chi connectivity index (χ3n) is 2.99. The van der Waals surface area contributed by atoms with E-state index in [1.165, 1.54) is 16.7 Å². The third-order valence-corrected chi connectivity index (χ3v) is 2.99. The molecule has 1 atom stereocenters. The molecule has 2 N–H and O–H groups in total. The second-order valence-electron chi connectivity index (χ2n) is 4.29. The van der Waals surface area contributed by atoms with Crippen LogP contribution in [0.5, 0.6) is 0 Å². The van der Waals surface area contributed by atoms with Crippen LogP contribution in [0.2, 0.25) is 0 Å². The molecule has 1 heteroatoms. The van der Waals surface area contributed by atoms with Crippen LogP contribution in [0.3, 0.4) is 0 Å². The zero-order chi connectivity index (χ0) is 10.8. The number of allylic oxidation sites excluding steroid dienone is 4. The van der Waals surface area contributed by atoms with Gasteiger partial charge in [0.25, 0.3) is 0 Å². The lowest BCUT2D eigenvalue weighted by Gasteiger charge is -2.21. The Morgan fingerprint density at radius 3 is 2.73 bits per heavy atom. The topological polar surface area (TPSA) is 26.0 Å². The first-order valence-electron chi connectivity index (χ1n) is 5.37. The van der Waals surface area contributed by atoms with Crippen molar-refractivity contribution in [1.82, 2.24) is 0 Å². The molecule has 1 aromatic carbocycles. The Bertz CT molecular complexity index is 427. The molecule has 0 aliphatic heterocycles. The van der Waals surface area contributed by atoms with Gasteiger partial charge in [-0.25, -0.2) is 0 Å². The normalized spacial score (nSPS) is 20.8. The minimum atomic E-state index is 0.511. The first-order chi connectivity index (χ1) is 7.16. The zero-order valence-electron chi connectivity index (χ0n) is 9.33. The fourth-order valence-corrected chi connectivity index (χ4v) is 2.18. The van der Waals surface area contributed by atoms with Gasteiger partial charge in [0, 0.05) is 11.6 Å². The van der Waals surface area contributed by atoms with Crippen LogP contribution < -0.4 is 5.73 Å². The lowest BCUT2D eigenvalue weighted by atomic mass is 9.84. The molecular weight excluding hydrogens is 182 g/mol. The maximum Gasteiger partial charge on any atom is 0.0316 e. The van der Waals surface area contributed by atoms with E-state index >= 15 is 0 Å². The highest BCUT2D eigenvalue weighted by Gasteiger charge is 2.15. The number of hydrogen-bond acceptors (Lipinski definition) is 1. The molecule has 0 bridgehead atoms. The molecule has 1 aliphatic carbocycles. The second kappa shape index (κ2) is 3.93. The molecule has 0 saturated heterocycles. The molecule has 0 spiro atoms. The summed E-state index contributed by atoms with van der Waals surface area (Å²) in [4.78, 5) is 0. The Morgan fingerprint density at radius 2 is 2.07 bits per heavy atom. The van der Waals surface area contributed by atoms with Gasteiger partial charge in [-0.05, 0) is 38.0 Å². The van der Waals surface area contributed by atoms with E-state index in [1.54, 1.807) is 0 Å². The summed E-state index contributed by atoms with van der Waals surface area (Å²) in [7, 11) is 0. The third kappa shape index (κ3) is 2.12. The van der Waals surface area contributed by atoms with Crippen molar-refractivity contribution < 1.29 is 0 Å². The molecule has 15 heavy (non-hydrogen) atoms. The summed E-state index contributed by atoms with van der Waals surface area (Å²) in [5.74, 6) is 0.511. The highest BCUT2D eigenvalue weighted by molar-refractivity contribution is 5.45. The summed E-state index contributed by atoms with van der Waals surface area (Å²) in [5, 5.41) is 0. The first-order valence-corrected chi connectivity index (χ1v) is 5.37. The van der Waals surface area contributed by atoms with Crippen molar-refractivity contribution in [3.63, 3.8) is 0 Å². The Labute approximate surface area is 91.3 Å². The SMILES string of the molecule is CC1=CCC(c2cccc(N)c2)C(C)=C1. The Hall–Kier alpha value is -1.50. The van der Waals surface area contributed by atoms with Gasteiger partial charge in [-0.1, -0.05) is 35.4 Å². The Morgan fingerprint density at radius 1 is 1.27 bits per heavy atom. The molecule has 1 nitrogen and oxygen atoms in total. The molecule has 0 fully saturated rings. The van der Waals surface area contributed by atoms with Crippen LogP contribution in [0, 0.1) is 0 Å². The molecular formula is C14H17N. The lowest BCUT2D eigenvalue weighted by molar-refractivity contribution is 0.790. The highest BCUT2D eigenvalue weighted by Crippen LogP contribution is 2.33. The van der Waals surface area contributed by atoms with Crippen molar-refractivity contribution in [2.75, 3.05) is 5.73 Å². The van der Waals surface area contributed by atoms with Crippen LogP contribution in [-0.2, 0) is 0 Å². The average Bonchev–Trinajstić information content (AvgIpc) is 2.17. The highest BCUT2D eigenvalue weighted by atomic mass is 14.5. The maximum atomic E-state index is 5.80. The van der Waals surface area contributed by atoms with Gasteiger partial charge in [-0.3, -0.25) is 0 Å². The fraction of sp³-hybridized carbons (Fsp3) is 0.286. The number of rotatable bonds is 1. The summed E-state index contributed by atoms with van der Waals surface area (Å²) < 4.78 is 0. The predicted octanol–water partition coefficient (Wildman–Crippen LogP) is 3.65. The monoisotopic (exact) mass is 199 g/mol. The van der Waals surface area contributed by atoms with Crippen LogP contribution in [0.25, 0.3) is 0 Å². The van der Waals surface area contributed by atoms with E-state index in [4.69, 9.17) is 5.73 Å². The van der Waals surface area contributed by atoms with Gasteiger partial charge in [0.2, 0.25) is 0 Å². The van der Waals surface area contributed by atoms with Crippen LogP contribution >= 0.6 is 0 Å². The minimum absolute atomic E-state index is 0.511. The molecule has 1 unspecified atom stereocenters. The van der Waals surface area contributed by atoms with E-state index in [-0.39, 0.29) is 0 Å². The van der Waals surface area contributed by atoms with Crippen LogP contribution in [0.4, 0.5) is 5.69 Å². The summed E-state index contributed by atoms with van der Waals surface area (Å²) in [6, 6.07) is 8.21. The largest absolute Gasteiger partial charge is 0.399 e. The molecule has 1 aliphatic rings. The van der Waals surface area contributed by atoms with Crippen molar-refractivity contribution >= 4 is 5.69 Å². The maximum absolute atomic E-state index is 5.80. The molecule has 0 aromatic heterocycles. The van der Waals surface area contributed by atoms with Crippen LogP contribution in [0.1, 0.15) is 31.7 Å². The summed E-state index contributed by atoms with van der Waals surface area (Å²) in [6.45, 7) is 4.35. The van der Waals surface area contributed by atoms with Gasteiger partial charge in [0.1, 0.15) is 0 Å². The summed E-state index contributed by atoms with van der Waals surface area (Å²) in [5.41, 5.74) is 10.8. The van der Waals surface area contributed by atoms with E-state index in [1.807, 2.05) is 12.1 Å². The summed E-state index contributed by atoms with van der Waals surface area (Å²) >= 11 is 0. The van der Waals surface area contributed by atoms with E-state index in [0.29, 0.717) is 5.92 Å². The molecule has 0 amide bonds. The smallest absolute Gasteiger partial charge is 0.0316 e. The van der Waals surface area contributed by atoms with Gasteiger partial charge in [-0.2, -0.15) is 0 Å². The quantitative estimate of drug-likeness (QED) is 0.686. The van der Waals surface area contributed by atoms with Crippen molar-refractivity contribution in [3.05, 3.63) is 53.1 Å². The van der Waals surface area contributed by atoms with Crippen molar-refractivity contribution in [3.8, 4) is 0 Å². The van der Waals surface area contributed by atoms with Gasteiger partial charge in [0.15, 0.2) is 0 Å². The predicted molar refractivity (Wildman–Crippen MR) is 65.7 cm³/mol. The van der Waals surface area contributed by atoms with Crippen molar-refractivity contribution in [2.24, 2.45) is 0 Å². The number of nitrogens with two attached hydrogens (primary N) is 1. The fourth-order valence-electron chi connectivity index (χ4n) is 2.18. The minimum Gasteiger partial charge on any atom is -0.399 e. The molecule has 0 saturated carbocycles. The molecule has 0 heterocycles. The molecule has 1 aromatic rings. The standard InChI is InChI=1S/C14H17N/c1-10-6-7-14(11(2)8-10)12-4-3-5-13(15)9-12/h3-6,8-9,14H,7,15H2,1-2H3. The Balaban J connectivity index is 2.31. The summed E-state index contributed by atoms with van der Waals surface area (Å²) in [6.07, 6.45) is 5.65. The van der Waals surface area contributed by atoms with Gasteiger partial charge in [0.05, 0.1) is 0 Å². The van der Waals surface area contributed by atoms with E-state index in [9.17, 15) is 0 Å².